The van der Waals surface area contributed by atoms with Gasteiger partial charge in [0, 0.05) is 18.1 Å². The lowest BCUT2D eigenvalue weighted by Gasteiger charge is -2.30. The first-order valence-electron chi connectivity index (χ1n) is 9.56. The molecule has 0 saturated carbocycles. The van der Waals surface area contributed by atoms with Crippen LogP contribution in [0.3, 0.4) is 0 Å². The maximum Gasteiger partial charge on any atom is 0.260 e. The van der Waals surface area contributed by atoms with E-state index in [1.165, 1.54) is 18.4 Å². The number of benzene rings is 2. The Morgan fingerprint density at radius 2 is 1.62 bits per heavy atom. The lowest BCUT2D eigenvalue weighted by molar-refractivity contribution is -0.128. The lowest BCUT2D eigenvalue weighted by Crippen LogP contribution is -2.50. The largest absolute Gasteiger partial charge is 0.481 e. The van der Waals surface area contributed by atoms with Gasteiger partial charge in [0.15, 0.2) is 6.10 Å². The second-order valence-corrected chi connectivity index (χ2v) is 7.47. The van der Waals surface area contributed by atoms with Crippen molar-refractivity contribution in [1.82, 2.24) is 10.6 Å². The molecule has 2 aromatic carbocycles. The van der Waals surface area contributed by atoms with Gasteiger partial charge in [-0.15, -0.1) is 0 Å². The van der Waals surface area contributed by atoms with Crippen molar-refractivity contribution in [2.24, 2.45) is 0 Å². The van der Waals surface area contributed by atoms with Crippen LogP contribution in [0.5, 0.6) is 5.75 Å². The Morgan fingerprint density at radius 1 is 1.00 bits per heavy atom. The summed E-state index contributed by atoms with van der Waals surface area (Å²) in [4.78, 5) is 12.5. The molecule has 3 atom stereocenters. The monoisotopic (exact) mass is 350 g/mol. The van der Waals surface area contributed by atoms with Gasteiger partial charge < -0.3 is 15.4 Å². The minimum Gasteiger partial charge on any atom is -0.481 e. The van der Waals surface area contributed by atoms with Crippen molar-refractivity contribution in [2.45, 2.75) is 56.8 Å². The van der Waals surface area contributed by atoms with Gasteiger partial charge >= 0.3 is 0 Å². The van der Waals surface area contributed by atoms with Crippen LogP contribution in [-0.4, -0.2) is 30.1 Å². The summed E-state index contributed by atoms with van der Waals surface area (Å²) in [7, 11) is 0. The Hall–Kier alpha value is -2.33. The molecule has 3 unspecified atom stereocenters. The van der Waals surface area contributed by atoms with Crippen LogP contribution in [0.15, 0.2) is 54.6 Å². The summed E-state index contributed by atoms with van der Waals surface area (Å²) in [5.74, 6) is 0.696. The van der Waals surface area contributed by atoms with E-state index in [-0.39, 0.29) is 11.9 Å². The number of hydrogen-bond donors (Lipinski definition) is 2. The van der Waals surface area contributed by atoms with Crippen LogP contribution >= 0.6 is 0 Å². The highest BCUT2D eigenvalue weighted by molar-refractivity contribution is 5.81. The Bertz CT molecular complexity index is 732. The van der Waals surface area contributed by atoms with E-state index in [1.54, 1.807) is 0 Å². The fourth-order valence-electron chi connectivity index (χ4n) is 4.11. The first-order chi connectivity index (χ1) is 12.7. The molecule has 2 aliphatic heterocycles. The van der Waals surface area contributed by atoms with E-state index in [9.17, 15) is 4.79 Å². The number of nitrogens with one attached hydrogen (secondary N) is 2. The van der Waals surface area contributed by atoms with Crippen LogP contribution < -0.4 is 15.4 Å². The molecule has 26 heavy (non-hydrogen) atoms. The molecule has 2 bridgehead atoms. The molecule has 4 rings (SSSR count). The Balaban J connectivity index is 1.32. The van der Waals surface area contributed by atoms with Crippen molar-refractivity contribution in [3.63, 3.8) is 0 Å². The highest BCUT2D eigenvalue weighted by Crippen LogP contribution is 2.27. The molecule has 0 spiro atoms. The van der Waals surface area contributed by atoms with E-state index in [0.29, 0.717) is 12.1 Å². The van der Waals surface area contributed by atoms with E-state index in [2.05, 4.69) is 22.8 Å². The van der Waals surface area contributed by atoms with Gasteiger partial charge in [0.1, 0.15) is 5.75 Å². The number of piperidine rings is 1. The minimum absolute atomic E-state index is 0.0246. The number of amides is 1. The van der Waals surface area contributed by atoms with Crippen molar-refractivity contribution in [3.05, 3.63) is 54.6 Å². The molecule has 4 nitrogen and oxygen atoms in total. The molecule has 2 aliphatic rings. The normalized spacial score (nSPS) is 25.5. The molecular weight excluding hydrogens is 324 g/mol. The van der Waals surface area contributed by atoms with Gasteiger partial charge in [-0.3, -0.25) is 4.79 Å². The molecule has 1 amide bonds. The van der Waals surface area contributed by atoms with Crippen molar-refractivity contribution in [1.29, 1.82) is 0 Å². The third kappa shape index (κ3) is 3.91. The van der Waals surface area contributed by atoms with Crippen molar-refractivity contribution >= 4 is 5.91 Å². The fraction of sp³-hybridized carbons (Fsp3) is 0.409. The number of carbonyl (C=O) groups is 1. The van der Waals surface area contributed by atoms with E-state index < -0.39 is 6.10 Å². The standard InChI is InChI=1S/C22H26N2O2/c1-15(22(25)24-20-13-18-9-10-19(14-20)23-18)26-21-11-7-17(8-12-21)16-5-3-2-4-6-16/h2-8,11-12,15,18-20,23H,9-10,13-14H2,1H3,(H,24,25). The van der Waals surface area contributed by atoms with Crippen LogP contribution in [0.25, 0.3) is 11.1 Å². The molecule has 4 heteroatoms. The predicted molar refractivity (Wildman–Crippen MR) is 103 cm³/mol. The Kier molecular flexibility index (Phi) is 4.93. The van der Waals surface area contributed by atoms with Gasteiger partial charge in [-0.25, -0.2) is 0 Å². The Morgan fingerprint density at radius 3 is 2.27 bits per heavy atom. The fourth-order valence-corrected chi connectivity index (χ4v) is 4.11. The molecule has 2 aromatic rings. The number of fused-ring (bicyclic) bond motifs is 2. The highest BCUT2D eigenvalue weighted by Gasteiger charge is 2.34. The number of ether oxygens (including phenoxy) is 1. The number of hydrogen-bond acceptors (Lipinski definition) is 3. The topological polar surface area (TPSA) is 50.4 Å². The van der Waals surface area contributed by atoms with E-state index >= 15 is 0 Å². The first-order valence-corrected chi connectivity index (χ1v) is 9.56. The second-order valence-electron chi connectivity index (χ2n) is 7.47. The molecule has 2 fully saturated rings. The lowest BCUT2D eigenvalue weighted by atomic mass is 9.99. The SMILES string of the molecule is CC(Oc1ccc(-c2ccccc2)cc1)C(=O)NC1CC2CCC(C1)N2. The highest BCUT2D eigenvalue weighted by atomic mass is 16.5. The Labute approximate surface area is 155 Å². The average molecular weight is 350 g/mol. The second kappa shape index (κ2) is 7.50. The van der Waals surface area contributed by atoms with E-state index in [1.807, 2.05) is 49.4 Å². The summed E-state index contributed by atoms with van der Waals surface area (Å²) in [6.45, 7) is 1.82. The van der Waals surface area contributed by atoms with Crippen LogP contribution in [-0.2, 0) is 4.79 Å². The van der Waals surface area contributed by atoms with Crippen LogP contribution in [0, 0.1) is 0 Å². The summed E-state index contributed by atoms with van der Waals surface area (Å²) in [5.41, 5.74) is 2.31. The molecule has 0 aliphatic carbocycles. The van der Waals surface area contributed by atoms with Gasteiger partial charge in [-0.05, 0) is 55.9 Å². The van der Waals surface area contributed by atoms with Crippen LogP contribution in [0.4, 0.5) is 0 Å². The molecule has 2 heterocycles. The van der Waals surface area contributed by atoms with E-state index in [4.69, 9.17) is 4.74 Å². The third-order valence-electron chi connectivity index (χ3n) is 5.46. The first kappa shape index (κ1) is 17.1. The molecule has 0 radical (unpaired) electrons. The summed E-state index contributed by atoms with van der Waals surface area (Å²) in [6, 6.07) is 19.5. The molecule has 2 N–H and O–H groups in total. The number of carbonyl (C=O) groups excluding carboxylic acids is 1. The molecule has 0 aromatic heterocycles. The van der Waals surface area contributed by atoms with Crippen molar-refractivity contribution < 1.29 is 9.53 Å². The van der Waals surface area contributed by atoms with Crippen LogP contribution in [0.1, 0.15) is 32.6 Å². The minimum atomic E-state index is -0.495. The molecule has 2 saturated heterocycles. The summed E-state index contributed by atoms with van der Waals surface area (Å²) in [5, 5.41) is 6.77. The molecular formula is C22H26N2O2. The summed E-state index contributed by atoms with van der Waals surface area (Å²) < 4.78 is 5.85. The van der Waals surface area contributed by atoms with E-state index in [0.717, 1.165) is 24.2 Å². The number of rotatable bonds is 5. The zero-order chi connectivity index (χ0) is 17.9. The maximum absolute atomic E-state index is 12.5. The third-order valence-corrected chi connectivity index (χ3v) is 5.46. The maximum atomic E-state index is 12.5. The van der Waals surface area contributed by atoms with Crippen LogP contribution in [0.2, 0.25) is 0 Å². The van der Waals surface area contributed by atoms with Gasteiger partial charge in [-0.2, -0.15) is 0 Å². The van der Waals surface area contributed by atoms with Gasteiger partial charge in [-0.1, -0.05) is 42.5 Å². The van der Waals surface area contributed by atoms with Gasteiger partial charge in [0.25, 0.3) is 5.91 Å². The summed E-state index contributed by atoms with van der Waals surface area (Å²) in [6.07, 6.45) is 4.03. The quantitative estimate of drug-likeness (QED) is 0.867. The van der Waals surface area contributed by atoms with Gasteiger partial charge in [0.2, 0.25) is 0 Å². The summed E-state index contributed by atoms with van der Waals surface area (Å²) >= 11 is 0. The van der Waals surface area contributed by atoms with Crippen molar-refractivity contribution in [2.75, 3.05) is 0 Å². The van der Waals surface area contributed by atoms with Gasteiger partial charge in [0.05, 0.1) is 0 Å². The zero-order valence-corrected chi connectivity index (χ0v) is 15.2. The predicted octanol–water partition coefficient (Wildman–Crippen LogP) is 3.52. The molecule has 136 valence electrons. The zero-order valence-electron chi connectivity index (χ0n) is 15.2. The average Bonchev–Trinajstić information content (AvgIpc) is 3.01. The smallest absolute Gasteiger partial charge is 0.260 e. The van der Waals surface area contributed by atoms with Crippen molar-refractivity contribution in [3.8, 4) is 16.9 Å².